The zero-order chi connectivity index (χ0) is 10.5. The van der Waals surface area contributed by atoms with Crippen molar-refractivity contribution < 1.29 is 17.6 Å². The molecule has 0 spiro atoms. The van der Waals surface area contributed by atoms with Gasteiger partial charge in [0.05, 0.1) is 8.91 Å². The van der Waals surface area contributed by atoms with Crippen molar-refractivity contribution in [1.29, 1.82) is 0 Å². The molecule has 0 aliphatic heterocycles. The molecule has 0 bridgehead atoms. The molecular weight excluding hydrogens is 236 g/mol. The SMILES string of the molecule is Fc1c(F)c(F)c2sc(S)cc2c1F. The first-order chi connectivity index (χ1) is 6.52. The normalized spacial score (nSPS) is 11.2. The highest BCUT2D eigenvalue weighted by Crippen LogP contribution is 2.34. The molecule has 1 heterocycles. The van der Waals surface area contributed by atoms with Crippen molar-refractivity contribution in [3.63, 3.8) is 0 Å². The summed E-state index contributed by atoms with van der Waals surface area (Å²) in [4.78, 5) is 0. The minimum atomic E-state index is -1.79. The summed E-state index contributed by atoms with van der Waals surface area (Å²) in [5.74, 6) is -6.33. The molecule has 0 N–H and O–H groups in total. The third-order valence-electron chi connectivity index (χ3n) is 1.73. The van der Waals surface area contributed by atoms with Gasteiger partial charge >= 0.3 is 0 Å². The van der Waals surface area contributed by atoms with E-state index in [-0.39, 0.29) is 10.1 Å². The van der Waals surface area contributed by atoms with Crippen molar-refractivity contribution in [1.82, 2.24) is 0 Å². The minimum Gasteiger partial charge on any atom is -0.203 e. The predicted octanol–water partition coefficient (Wildman–Crippen LogP) is 3.75. The standard InChI is InChI=1S/C8H2F4S2/c9-4-2-1-3(13)14-8(2)7(12)6(11)5(4)10/h1,13H. The van der Waals surface area contributed by atoms with Crippen LogP contribution in [-0.2, 0) is 0 Å². The summed E-state index contributed by atoms with van der Waals surface area (Å²) in [5.41, 5.74) is 0. The first kappa shape index (κ1) is 9.79. The van der Waals surface area contributed by atoms with Crippen molar-refractivity contribution in [2.45, 2.75) is 4.21 Å². The summed E-state index contributed by atoms with van der Waals surface area (Å²) < 4.78 is 51.6. The Morgan fingerprint density at radius 1 is 0.929 bits per heavy atom. The first-order valence-electron chi connectivity index (χ1n) is 3.47. The number of rotatable bonds is 0. The minimum absolute atomic E-state index is 0.258. The monoisotopic (exact) mass is 238 g/mol. The third kappa shape index (κ3) is 1.21. The van der Waals surface area contributed by atoms with Gasteiger partial charge in [-0.3, -0.25) is 0 Å². The van der Waals surface area contributed by atoms with E-state index in [1.807, 2.05) is 0 Å². The van der Waals surface area contributed by atoms with E-state index in [2.05, 4.69) is 12.6 Å². The highest BCUT2D eigenvalue weighted by Gasteiger charge is 2.21. The number of thiol groups is 1. The van der Waals surface area contributed by atoms with Crippen LogP contribution in [0.5, 0.6) is 0 Å². The topological polar surface area (TPSA) is 0 Å². The number of hydrogen-bond acceptors (Lipinski definition) is 2. The highest BCUT2D eigenvalue weighted by atomic mass is 32.2. The fourth-order valence-corrected chi connectivity index (χ4v) is 2.34. The van der Waals surface area contributed by atoms with E-state index in [9.17, 15) is 17.6 Å². The van der Waals surface area contributed by atoms with Crippen LogP contribution in [0.1, 0.15) is 0 Å². The van der Waals surface area contributed by atoms with E-state index in [4.69, 9.17) is 0 Å². The van der Waals surface area contributed by atoms with Crippen molar-refractivity contribution in [2.75, 3.05) is 0 Å². The molecule has 0 aliphatic rings. The van der Waals surface area contributed by atoms with Gasteiger partial charge in [0.25, 0.3) is 0 Å². The second-order valence-corrected chi connectivity index (χ2v) is 4.42. The maximum Gasteiger partial charge on any atom is 0.198 e. The van der Waals surface area contributed by atoms with Crippen LogP contribution in [0.3, 0.4) is 0 Å². The van der Waals surface area contributed by atoms with Crippen molar-refractivity contribution in [3.05, 3.63) is 29.3 Å². The lowest BCUT2D eigenvalue weighted by Gasteiger charge is -1.98. The van der Waals surface area contributed by atoms with E-state index in [1.54, 1.807) is 0 Å². The maximum absolute atomic E-state index is 13.0. The highest BCUT2D eigenvalue weighted by molar-refractivity contribution is 7.83. The zero-order valence-corrected chi connectivity index (χ0v) is 8.16. The van der Waals surface area contributed by atoms with Gasteiger partial charge in [-0.05, 0) is 6.07 Å². The van der Waals surface area contributed by atoms with Gasteiger partial charge in [-0.15, -0.1) is 24.0 Å². The van der Waals surface area contributed by atoms with Crippen LogP contribution in [0.15, 0.2) is 10.3 Å². The van der Waals surface area contributed by atoms with Gasteiger partial charge in [-0.2, -0.15) is 0 Å². The number of hydrogen-bond donors (Lipinski definition) is 1. The molecule has 0 atom stereocenters. The van der Waals surface area contributed by atoms with Crippen molar-refractivity contribution in [2.24, 2.45) is 0 Å². The second kappa shape index (κ2) is 3.13. The van der Waals surface area contributed by atoms with E-state index in [0.717, 1.165) is 17.4 Å². The lowest BCUT2D eigenvalue weighted by atomic mass is 10.2. The molecule has 1 aromatic carbocycles. The lowest BCUT2D eigenvalue weighted by molar-refractivity contribution is 0.419. The molecule has 1 aromatic heterocycles. The van der Waals surface area contributed by atoms with E-state index in [1.165, 1.54) is 0 Å². The van der Waals surface area contributed by atoms with Gasteiger partial charge in [-0.25, -0.2) is 17.6 Å². The maximum atomic E-state index is 13.0. The van der Waals surface area contributed by atoms with E-state index >= 15 is 0 Å². The Hall–Kier alpha value is -0.750. The van der Waals surface area contributed by atoms with Crippen molar-refractivity contribution >= 4 is 34.1 Å². The average molecular weight is 238 g/mol. The molecule has 2 rings (SSSR count). The van der Waals surface area contributed by atoms with Crippen LogP contribution in [-0.4, -0.2) is 0 Å². The predicted molar refractivity (Wildman–Crippen MR) is 48.9 cm³/mol. The molecule has 0 radical (unpaired) electrons. The van der Waals surface area contributed by atoms with Crippen LogP contribution in [0.4, 0.5) is 17.6 Å². The number of halogens is 4. The Kier molecular flexibility index (Phi) is 2.19. The molecule has 0 unspecified atom stereocenters. The number of benzene rings is 1. The fourth-order valence-electron chi connectivity index (χ4n) is 1.11. The van der Waals surface area contributed by atoms with Crippen LogP contribution in [0.25, 0.3) is 10.1 Å². The largest absolute Gasteiger partial charge is 0.203 e. The third-order valence-corrected chi connectivity index (χ3v) is 3.07. The molecular formula is C8H2F4S2. The van der Waals surface area contributed by atoms with Crippen LogP contribution in [0.2, 0.25) is 0 Å². The first-order valence-corrected chi connectivity index (χ1v) is 4.73. The summed E-state index contributed by atoms with van der Waals surface area (Å²) in [6, 6.07) is 1.16. The number of thiophene rings is 1. The quantitative estimate of drug-likeness (QED) is 0.307. The molecule has 0 aliphatic carbocycles. The summed E-state index contributed by atoms with van der Waals surface area (Å²) >= 11 is 4.60. The zero-order valence-electron chi connectivity index (χ0n) is 6.44. The molecule has 0 saturated heterocycles. The molecule has 0 amide bonds. The molecule has 0 fully saturated rings. The van der Waals surface area contributed by atoms with Gasteiger partial charge in [-0.1, -0.05) is 0 Å². The Labute approximate surface area is 85.6 Å². The Bertz CT molecular complexity index is 473. The van der Waals surface area contributed by atoms with Gasteiger partial charge in [0.2, 0.25) is 0 Å². The lowest BCUT2D eigenvalue weighted by Crippen LogP contribution is -1.95. The summed E-state index contributed by atoms with van der Waals surface area (Å²) in [6.07, 6.45) is 0. The van der Waals surface area contributed by atoms with Gasteiger partial charge in [0.1, 0.15) is 0 Å². The summed E-state index contributed by atoms with van der Waals surface area (Å²) in [5, 5.41) is -0.281. The van der Waals surface area contributed by atoms with Gasteiger partial charge in [0, 0.05) is 5.39 Å². The Morgan fingerprint density at radius 3 is 2.14 bits per heavy atom. The van der Waals surface area contributed by atoms with Crippen LogP contribution in [0, 0.1) is 23.3 Å². The van der Waals surface area contributed by atoms with Crippen LogP contribution >= 0.6 is 24.0 Å². The average Bonchev–Trinajstić information content (AvgIpc) is 2.54. The number of fused-ring (bicyclic) bond motifs is 1. The Morgan fingerprint density at radius 2 is 1.50 bits per heavy atom. The smallest absolute Gasteiger partial charge is 0.198 e. The van der Waals surface area contributed by atoms with Gasteiger partial charge in [0.15, 0.2) is 23.3 Å². The molecule has 2 aromatic rings. The molecule has 6 heteroatoms. The molecule has 14 heavy (non-hydrogen) atoms. The fraction of sp³-hybridized carbons (Fsp3) is 0. The molecule has 0 nitrogen and oxygen atoms in total. The van der Waals surface area contributed by atoms with Crippen molar-refractivity contribution in [3.8, 4) is 0 Å². The summed E-state index contributed by atoms with van der Waals surface area (Å²) in [6.45, 7) is 0. The second-order valence-electron chi connectivity index (χ2n) is 2.58. The van der Waals surface area contributed by atoms with E-state index < -0.39 is 23.3 Å². The Balaban J connectivity index is 3.01. The molecule has 74 valence electrons. The van der Waals surface area contributed by atoms with Gasteiger partial charge < -0.3 is 0 Å². The summed E-state index contributed by atoms with van der Waals surface area (Å²) in [7, 11) is 0. The molecule has 0 saturated carbocycles. The van der Waals surface area contributed by atoms with Crippen LogP contribution < -0.4 is 0 Å². The van der Waals surface area contributed by atoms with E-state index in [0.29, 0.717) is 4.21 Å².